The van der Waals surface area contributed by atoms with Gasteiger partial charge in [-0.25, -0.2) is 19.2 Å². The minimum absolute atomic E-state index is 0.135. The Labute approximate surface area is 264 Å². The van der Waals surface area contributed by atoms with E-state index in [-0.39, 0.29) is 60.2 Å². The molecule has 0 aliphatic carbocycles. The van der Waals surface area contributed by atoms with Gasteiger partial charge in [0.2, 0.25) is 0 Å². The zero-order valence-corrected chi connectivity index (χ0v) is 24.6. The van der Waals surface area contributed by atoms with Crippen molar-refractivity contribution in [2.75, 3.05) is 26.4 Å². The first-order valence-electron chi connectivity index (χ1n) is 13.8. The standard InChI is InChI=1S/C34H30O12/c1-3-31(37)43-17-5-15-41-27-11-7-23(8-12-27)33(39)45-29-19-26(22-36)30(20-25(29)21-35)46-34(40)24-9-13-28(14-10-24)42-16-6-18-44-32(38)4-2/h3-4,7-14,19-22H,1-2,5-6,15-18H2. The smallest absolute Gasteiger partial charge is 0.343 e. The van der Waals surface area contributed by atoms with Crippen molar-refractivity contribution in [1.82, 2.24) is 0 Å². The Morgan fingerprint density at radius 3 is 1.26 bits per heavy atom. The summed E-state index contributed by atoms with van der Waals surface area (Å²) in [4.78, 5) is 71.2. The molecule has 0 saturated heterocycles. The Bertz CT molecular complexity index is 1450. The van der Waals surface area contributed by atoms with Gasteiger partial charge < -0.3 is 28.4 Å². The number of ether oxygens (including phenoxy) is 6. The second-order valence-corrected chi connectivity index (χ2v) is 9.14. The van der Waals surface area contributed by atoms with E-state index in [9.17, 15) is 28.8 Å². The highest BCUT2D eigenvalue weighted by Crippen LogP contribution is 2.29. The second-order valence-electron chi connectivity index (χ2n) is 9.14. The third-order valence-electron chi connectivity index (χ3n) is 5.92. The Kier molecular flexibility index (Phi) is 13.4. The van der Waals surface area contributed by atoms with Crippen molar-refractivity contribution in [3.63, 3.8) is 0 Å². The fourth-order valence-corrected chi connectivity index (χ4v) is 3.61. The van der Waals surface area contributed by atoms with Gasteiger partial charge in [-0.15, -0.1) is 0 Å². The minimum Gasteiger partial charge on any atom is -0.493 e. The van der Waals surface area contributed by atoms with E-state index in [1.54, 1.807) is 0 Å². The van der Waals surface area contributed by atoms with E-state index in [1.165, 1.54) is 48.5 Å². The molecule has 0 aliphatic rings. The van der Waals surface area contributed by atoms with Crippen LogP contribution in [0.3, 0.4) is 0 Å². The third-order valence-corrected chi connectivity index (χ3v) is 5.92. The van der Waals surface area contributed by atoms with E-state index in [2.05, 4.69) is 13.2 Å². The topological polar surface area (TPSA) is 158 Å². The normalized spacial score (nSPS) is 10.1. The maximum absolute atomic E-state index is 12.8. The van der Waals surface area contributed by atoms with Crippen LogP contribution in [0.5, 0.6) is 23.0 Å². The van der Waals surface area contributed by atoms with Crippen LogP contribution in [0, 0.1) is 0 Å². The molecule has 0 bridgehead atoms. The van der Waals surface area contributed by atoms with Crippen LogP contribution in [0.4, 0.5) is 0 Å². The predicted molar refractivity (Wildman–Crippen MR) is 163 cm³/mol. The molecular formula is C34H30O12. The van der Waals surface area contributed by atoms with Crippen molar-refractivity contribution in [3.05, 3.63) is 108 Å². The van der Waals surface area contributed by atoms with Crippen LogP contribution in [0.25, 0.3) is 0 Å². The van der Waals surface area contributed by atoms with Gasteiger partial charge in [-0.2, -0.15) is 0 Å². The summed E-state index contributed by atoms with van der Waals surface area (Å²) in [5.41, 5.74) is -0.00518. The lowest BCUT2D eigenvalue weighted by Gasteiger charge is -2.12. The molecule has 0 spiro atoms. The van der Waals surface area contributed by atoms with Crippen molar-refractivity contribution in [2.24, 2.45) is 0 Å². The van der Waals surface area contributed by atoms with Crippen molar-refractivity contribution in [1.29, 1.82) is 0 Å². The molecule has 0 unspecified atom stereocenters. The number of hydrogen-bond donors (Lipinski definition) is 0. The monoisotopic (exact) mass is 630 g/mol. The number of carbonyl (C=O) groups excluding carboxylic acids is 6. The van der Waals surface area contributed by atoms with Crippen LogP contribution in [0.1, 0.15) is 54.3 Å². The maximum atomic E-state index is 12.8. The summed E-state index contributed by atoms with van der Waals surface area (Å²) in [5.74, 6) is -2.18. The zero-order chi connectivity index (χ0) is 33.3. The number of aldehydes is 2. The Morgan fingerprint density at radius 1 is 0.565 bits per heavy atom. The molecule has 12 nitrogen and oxygen atoms in total. The van der Waals surface area contributed by atoms with Gasteiger partial charge in [0.1, 0.15) is 23.0 Å². The van der Waals surface area contributed by atoms with Gasteiger partial charge in [-0.3, -0.25) is 9.59 Å². The number of hydrogen-bond acceptors (Lipinski definition) is 12. The molecular weight excluding hydrogens is 600 g/mol. The fraction of sp³-hybridized carbons (Fsp3) is 0.176. The number of esters is 4. The van der Waals surface area contributed by atoms with Crippen molar-refractivity contribution in [3.8, 4) is 23.0 Å². The van der Waals surface area contributed by atoms with Gasteiger partial charge in [-0.05, 0) is 60.7 Å². The van der Waals surface area contributed by atoms with Gasteiger partial charge in [0, 0.05) is 25.0 Å². The summed E-state index contributed by atoms with van der Waals surface area (Å²) in [6.45, 7) is 7.47. The molecule has 0 aromatic heterocycles. The van der Waals surface area contributed by atoms with Crippen LogP contribution in [0.2, 0.25) is 0 Å². The van der Waals surface area contributed by atoms with E-state index in [0.29, 0.717) is 36.9 Å². The van der Waals surface area contributed by atoms with E-state index in [4.69, 9.17) is 28.4 Å². The highest BCUT2D eigenvalue weighted by molar-refractivity contribution is 5.96. The Hall–Kier alpha value is -6.04. The predicted octanol–water partition coefficient (Wildman–Crippen LogP) is 4.75. The van der Waals surface area contributed by atoms with Gasteiger partial charge in [-0.1, -0.05) is 13.2 Å². The van der Waals surface area contributed by atoms with Crippen LogP contribution < -0.4 is 18.9 Å². The number of carbonyl (C=O) groups is 6. The third kappa shape index (κ3) is 10.6. The maximum Gasteiger partial charge on any atom is 0.343 e. The van der Waals surface area contributed by atoms with E-state index < -0.39 is 23.9 Å². The van der Waals surface area contributed by atoms with Crippen LogP contribution in [-0.2, 0) is 19.1 Å². The summed E-state index contributed by atoms with van der Waals surface area (Å²) in [6, 6.07) is 14.2. The molecule has 12 heteroatoms. The van der Waals surface area contributed by atoms with E-state index >= 15 is 0 Å². The van der Waals surface area contributed by atoms with Gasteiger partial charge in [0.25, 0.3) is 0 Å². The second kappa shape index (κ2) is 17.9. The SMILES string of the molecule is C=CC(=O)OCCCOc1ccc(C(=O)Oc2cc(C=O)c(OC(=O)c3ccc(OCCCOC(=O)C=C)cc3)cc2C=O)cc1. The Morgan fingerprint density at radius 2 is 0.935 bits per heavy atom. The summed E-state index contributed by atoms with van der Waals surface area (Å²) in [6.07, 6.45) is 3.81. The molecule has 3 rings (SSSR count). The molecule has 3 aromatic carbocycles. The number of rotatable bonds is 18. The lowest BCUT2D eigenvalue weighted by atomic mass is 10.1. The van der Waals surface area contributed by atoms with E-state index in [0.717, 1.165) is 24.3 Å². The molecule has 0 radical (unpaired) electrons. The van der Waals surface area contributed by atoms with Crippen LogP contribution in [-0.4, -0.2) is 62.9 Å². The van der Waals surface area contributed by atoms with Gasteiger partial charge in [0.15, 0.2) is 12.6 Å². The molecule has 0 atom stereocenters. The van der Waals surface area contributed by atoms with E-state index in [1.807, 2.05) is 0 Å². The zero-order valence-electron chi connectivity index (χ0n) is 24.6. The molecule has 0 heterocycles. The molecule has 0 N–H and O–H groups in total. The van der Waals surface area contributed by atoms with Crippen molar-refractivity contribution in [2.45, 2.75) is 12.8 Å². The van der Waals surface area contributed by atoms with Crippen molar-refractivity contribution < 1.29 is 57.2 Å². The Balaban J connectivity index is 1.58. The largest absolute Gasteiger partial charge is 0.493 e. The van der Waals surface area contributed by atoms with Gasteiger partial charge in [0.05, 0.1) is 48.7 Å². The minimum atomic E-state index is -0.812. The summed E-state index contributed by atoms with van der Waals surface area (Å²) < 4.78 is 31.5. The first-order chi connectivity index (χ1) is 22.3. The summed E-state index contributed by atoms with van der Waals surface area (Å²) in [5, 5.41) is 0. The molecule has 0 fully saturated rings. The average Bonchev–Trinajstić information content (AvgIpc) is 3.08. The highest BCUT2D eigenvalue weighted by Gasteiger charge is 2.19. The number of benzene rings is 3. The highest BCUT2D eigenvalue weighted by atomic mass is 16.5. The molecule has 0 amide bonds. The first-order valence-corrected chi connectivity index (χ1v) is 13.8. The fourth-order valence-electron chi connectivity index (χ4n) is 3.61. The van der Waals surface area contributed by atoms with Crippen LogP contribution in [0.15, 0.2) is 86.0 Å². The average molecular weight is 631 g/mol. The lowest BCUT2D eigenvalue weighted by Crippen LogP contribution is -2.13. The van der Waals surface area contributed by atoms with Crippen LogP contribution >= 0.6 is 0 Å². The summed E-state index contributed by atoms with van der Waals surface area (Å²) in [7, 11) is 0. The summed E-state index contributed by atoms with van der Waals surface area (Å²) >= 11 is 0. The first kappa shape index (κ1) is 34.5. The molecule has 0 saturated carbocycles. The molecule has 3 aromatic rings. The quantitative estimate of drug-likeness (QED) is 0.0626. The molecule has 238 valence electrons. The van der Waals surface area contributed by atoms with Crippen molar-refractivity contribution >= 4 is 36.4 Å². The lowest BCUT2D eigenvalue weighted by molar-refractivity contribution is -0.138. The molecule has 46 heavy (non-hydrogen) atoms. The molecule has 0 aliphatic heterocycles. The van der Waals surface area contributed by atoms with Gasteiger partial charge >= 0.3 is 23.9 Å².